The number of piperidine rings is 1. The summed E-state index contributed by atoms with van der Waals surface area (Å²) in [6.07, 6.45) is 2.84. The van der Waals surface area contributed by atoms with Crippen molar-refractivity contribution in [2.75, 3.05) is 26.2 Å². The fourth-order valence-corrected chi connectivity index (χ4v) is 6.20. The minimum Gasteiger partial charge on any atom is -0.376 e. The number of sulfonamides is 1. The molecular weight excluding hydrogens is 443 g/mol. The van der Waals surface area contributed by atoms with Crippen LogP contribution in [-0.4, -0.2) is 55.9 Å². The highest BCUT2D eigenvalue weighted by Gasteiger charge is 2.34. The number of nitrogens with zero attached hydrogens (tertiary/aromatic N) is 2. The van der Waals surface area contributed by atoms with Gasteiger partial charge in [-0.25, -0.2) is 17.1 Å². The molecule has 0 N–H and O–H groups in total. The molecule has 6 nitrogen and oxygen atoms in total. The largest absolute Gasteiger partial charge is 0.376 e. The number of benzene rings is 2. The summed E-state index contributed by atoms with van der Waals surface area (Å²) in [4.78, 5) is 15.2. The maximum absolute atomic E-state index is 13.7. The summed E-state index contributed by atoms with van der Waals surface area (Å²) in [7, 11) is -3.43. The first-order valence-electron chi connectivity index (χ1n) is 11.6. The summed E-state index contributed by atoms with van der Waals surface area (Å²) in [5.74, 6) is -0.607. The van der Waals surface area contributed by atoms with Gasteiger partial charge in [-0.05, 0) is 48.9 Å². The van der Waals surface area contributed by atoms with Crippen LogP contribution in [0.4, 0.5) is 4.39 Å². The lowest BCUT2D eigenvalue weighted by Crippen LogP contribution is -2.46. The normalized spacial score (nSPS) is 20.1. The average Bonchev–Trinajstić information content (AvgIpc) is 3.32. The first-order valence-corrected chi connectivity index (χ1v) is 13.2. The van der Waals surface area contributed by atoms with Crippen LogP contribution in [0.3, 0.4) is 0 Å². The number of ether oxygens (including phenoxy) is 1. The van der Waals surface area contributed by atoms with E-state index in [-0.39, 0.29) is 29.5 Å². The molecule has 33 heavy (non-hydrogen) atoms. The maximum atomic E-state index is 13.7. The number of hydrogen-bond donors (Lipinski definition) is 0. The van der Waals surface area contributed by atoms with Gasteiger partial charge >= 0.3 is 0 Å². The molecule has 1 unspecified atom stereocenters. The molecule has 178 valence electrons. The molecule has 1 atom stereocenters. The van der Waals surface area contributed by atoms with Crippen molar-refractivity contribution in [2.45, 2.75) is 44.1 Å². The predicted molar refractivity (Wildman–Crippen MR) is 124 cm³/mol. The van der Waals surface area contributed by atoms with Gasteiger partial charge < -0.3 is 9.64 Å². The molecule has 2 aromatic carbocycles. The second-order valence-electron chi connectivity index (χ2n) is 8.90. The monoisotopic (exact) mass is 474 g/mol. The Morgan fingerprint density at radius 3 is 2.42 bits per heavy atom. The summed E-state index contributed by atoms with van der Waals surface area (Å²) < 4.78 is 46.6. The zero-order chi connectivity index (χ0) is 23.3. The molecule has 2 saturated heterocycles. The van der Waals surface area contributed by atoms with Crippen LogP contribution in [0.15, 0.2) is 54.6 Å². The van der Waals surface area contributed by atoms with Gasteiger partial charge in [0.25, 0.3) is 0 Å². The van der Waals surface area contributed by atoms with Crippen LogP contribution in [0, 0.1) is 11.7 Å². The van der Waals surface area contributed by atoms with Crippen molar-refractivity contribution in [3.05, 3.63) is 71.5 Å². The van der Waals surface area contributed by atoms with Crippen LogP contribution in [0.25, 0.3) is 0 Å². The highest BCUT2D eigenvalue weighted by Crippen LogP contribution is 2.25. The molecule has 0 spiro atoms. The van der Waals surface area contributed by atoms with Crippen molar-refractivity contribution in [1.82, 2.24) is 9.21 Å². The van der Waals surface area contributed by atoms with Crippen LogP contribution in [-0.2, 0) is 31.9 Å². The number of halogens is 1. The fourth-order valence-electron chi connectivity index (χ4n) is 4.64. The van der Waals surface area contributed by atoms with Gasteiger partial charge in [-0.1, -0.05) is 42.5 Å². The van der Waals surface area contributed by atoms with E-state index >= 15 is 0 Å². The van der Waals surface area contributed by atoms with Crippen LogP contribution >= 0.6 is 0 Å². The molecule has 0 radical (unpaired) electrons. The third-order valence-corrected chi connectivity index (χ3v) is 8.26. The van der Waals surface area contributed by atoms with Gasteiger partial charge in [-0.2, -0.15) is 0 Å². The predicted octanol–water partition coefficient (Wildman–Crippen LogP) is 3.58. The molecule has 0 saturated carbocycles. The number of rotatable bonds is 8. The van der Waals surface area contributed by atoms with Gasteiger partial charge in [0.15, 0.2) is 0 Å². The molecule has 0 aliphatic carbocycles. The number of carbonyl (C=O) groups excluding carboxylic acids is 1. The third-order valence-electron chi connectivity index (χ3n) is 6.41. The summed E-state index contributed by atoms with van der Waals surface area (Å²) in [5.41, 5.74) is 1.50. The molecule has 4 rings (SSSR count). The van der Waals surface area contributed by atoms with Crippen LogP contribution < -0.4 is 0 Å². The Bertz CT molecular complexity index is 1030. The van der Waals surface area contributed by atoms with Gasteiger partial charge in [0.2, 0.25) is 15.9 Å². The fraction of sp³-hybridized carbons (Fsp3) is 0.480. The smallest absolute Gasteiger partial charge is 0.226 e. The lowest BCUT2D eigenvalue weighted by atomic mass is 9.96. The summed E-state index contributed by atoms with van der Waals surface area (Å²) >= 11 is 0. The van der Waals surface area contributed by atoms with E-state index in [0.717, 1.165) is 24.0 Å². The van der Waals surface area contributed by atoms with Crippen molar-refractivity contribution in [3.8, 4) is 0 Å². The quantitative estimate of drug-likeness (QED) is 0.587. The average molecular weight is 475 g/mol. The van der Waals surface area contributed by atoms with Gasteiger partial charge in [0.05, 0.1) is 11.9 Å². The zero-order valence-electron chi connectivity index (χ0n) is 18.7. The molecule has 8 heteroatoms. The number of hydrogen-bond acceptors (Lipinski definition) is 4. The Morgan fingerprint density at radius 1 is 1.03 bits per heavy atom. The Kier molecular flexibility index (Phi) is 7.78. The standard InChI is InChI=1S/C25H31FN2O4S/c26-23-9-4-8-21(16-23)17-27(18-24-10-5-15-32-24)25(29)22-11-13-28(14-12-22)33(30,31)19-20-6-2-1-3-7-20/h1-4,6-9,16,22,24H,5,10-15,17-19H2. The van der Waals surface area contributed by atoms with Crippen LogP contribution in [0.1, 0.15) is 36.8 Å². The van der Waals surface area contributed by atoms with E-state index < -0.39 is 10.0 Å². The van der Waals surface area contributed by atoms with Crippen LogP contribution in [0.5, 0.6) is 0 Å². The molecule has 1 amide bonds. The van der Waals surface area contributed by atoms with E-state index in [9.17, 15) is 17.6 Å². The second kappa shape index (κ2) is 10.8. The molecule has 0 aromatic heterocycles. The zero-order valence-corrected chi connectivity index (χ0v) is 19.6. The molecule has 2 aromatic rings. The Hall–Kier alpha value is -2.29. The summed E-state index contributed by atoms with van der Waals surface area (Å²) in [6, 6.07) is 15.4. The molecule has 2 heterocycles. The van der Waals surface area contributed by atoms with E-state index in [0.29, 0.717) is 45.6 Å². The van der Waals surface area contributed by atoms with E-state index in [4.69, 9.17) is 4.74 Å². The highest BCUT2D eigenvalue weighted by atomic mass is 32.2. The SMILES string of the molecule is O=C(C1CCN(S(=O)(=O)Cc2ccccc2)CC1)N(Cc1cccc(F)c1)CC1CCCO1. The Morgan fingerprint density at radius 2 is 1.76 bits per heavy atom. The minimum absolute atomic E-state index is 0.00475. The Balaban J connectivity index is 1.39. The lowest BCUT2D eigenvalue weighted by molar-refractivity contribution is -0.139. The van der Waals surface area contributed by atoms with Crippen LogP contribution in [0.2, 0.25) is 0 Å². The van der Waals surface area contributed by atoms with Gasteiger partial charge in [-0.3, -0.25) is 4.79 Å². The van der Waals surface area contributed by atoms with Crippen molar-refractivity contribution >= 4 is 15.9 Å². The molecular formula is C25H31FN2O4S. The first kappa shape index (κ1) is 23.9. The molecule has 0 bridgehead atoms. The molecule has 2 aliphatic rings. The van der Waals surface area contributed by atoms with E-state index in [1.54, 1.807) is 11.0 Å². The maximum Gasteiger partial charge on any atom is 0.226 e. The number of amides is 1. The summed E-state index contributed by atoms with van der Waals surface area (Å²) in [6.45, 7) is 2.16. The Labute approximate surface area is 195 Å². The second-order valence-corrected chi connectivity index (χ2v) is 10.9. The first-order chi connectivity index (χ1) is 15.9. The summed E-state index contributed by atoms with van der Waals surface area (Å²) in [5, 5.41) is 0. The van der Waals surface area contributed by atoms with Gasteiger partial charge in [-0.15, -0.1) is 0 Å². The van der Waals surface area contributed by atoms with E-state index in [1.165, 1.54) is 16.4 Å². The van der Waals surface area contributed by atoms with Crippen molar-refractivity contribution in [2.24, 2.45) is 5.92 Å². The lowest BCUT2D eigenvalue weighted by Gasteiger charge is -2.34. The minimum atomic E-state index is -3.43. The van der Waals surface area contributed by atoms with Crippen molar-refractivity contribution in [1.29, 1.82) is 0 Å². The number of carbonyl (C=O) groups is 1. The molecule has 2 aliphatic heterocycles. The van der Waals surface area contributed by atoms with Crippen molar-refractivity contribution in [3.63, 3.8) is 0 Å². The van der Waals surface area contributed by atoms with E-state index in [1.807, 2.05) is 36.4 Å². The van der Waals surface area contributed by atoms with Crippen molar-refractivity contribution < 1.29 is 22.3 Å². The van der Waals surface area contributed by atoms with Gasteiger partial charge in [0, 0.05) is 38.7 Å². The molecule has 2 fully saturated rings. The highest BCUT2D eigenvalue weighted by molar-refractivity contribution is 7.88. The topological polar surface area (TPSA) is 66.9 Å². The van der Waals surface area contributed by atoms with E-state index in [2.05, 4.69) is 0 Å². The van der Waals surface area contributed by atoms with Gasteiger partial charge in [0.1, 0.15) is 5.82 Å². The third kappa shape index (κ3) is 6.40.